The zero-order chi connectivity index (χ0) is 20.1. The number of carbonyl (C=O) groups is 1. The minimum atomic E-state index is -2.83. The van der Waals surface area contributed by atoms with Gasteiger partial charge in [-0.15, -0.1) is 0 Å². The quantitative estimate of drug-likeness (QED) is 0.427. The molecule has 8 heteroatoms. The molecule has 142 valence electrons. The van der Waals surface area contributed by atoms with Crippen LogP contribution in [0.3, 0.4) is 0 Å². The number of benzene rings is 1. The smallest absolute Gasteiger partial charge is 0.336 e. The van der Waals surface area contributed by atoms with Crippen molar-refractivity contribution in [1.29, 1.82) is 5.41 Å². The van der Waals surface area contributed by atoms with E-state index < -0.39 is 24.2 Å². The SMILES string of the molecule is C=CC(C)OC(=N)c1ccc(C(=O)O)c(-c2cc(C(F)F)ncc2OC)c1. The second-order valence-electron chi connectivity index (χ2n) is 5.56. The van der Waals surface area contributed by atoms with Crippen molar-refractivity contribution < 1.29 is 28.2 Å². The second-order valence-corrected chi connectivity index (χ2v) is 5.56. The van der Waals surface area contributed by atoms with Gasteiger partial charge in [-0.25, -0.2) is 13.6 Å². The molecule has 1 unspecified atom stereocenters. The number of nitrogens with one attached hydrogen (secondary N) is 1. The fourth-order valence-electron chi connectivity index (χ4n) is 2.35. The molecule has 0 saturated carbocycles. The molecule has 0 aliphatic heterocycles. The van der Waals surface area contributed by atoms with Gasteiger partial charge in [0, 0.05) is 16.7 Å². The van der Waals surface area contributed by atoms with Crippen LogP contribution < -0.4 is 4.74 Å². The number of hydrogen-bond donors (Lipinski definition) is 2. The molecule has 2 rings (SSSR count). The summed E-state index contributed by atoms with van der Waals surface area (Å²) in [5.74, 6) is -1.32. The highest BCUT2D eigenvalue weighted by Gasteiger charge is 2.20. The Morgan fingerprint density at radius 1 is 1.33 bits per heavy atom. The van der Waals surface area contributed by atoms with Crippen molar-refractivity contribution in [3.63, 3.8) is 0 Å². The number of pyridine rings is 1. The van der Waals surface area contributed by atoms with Gasteiger partial charge in [-0.05, 0) is 31.2 Å². The van der Waals surface area contributed by atoms with E-state index in [1.807, 2.05) is 0 Å². The molecule has 27 heavy (non-hydrogen) atoms. The van der Waals surface area contributed by atoms with Crippen molar-refractivity contribution in [2.24, 2.45) is 0 Å². The molecule has 0 aliphatic carbocycles. The number of nitrogens with zero attached hydrogens (tertiary/aromatic N) is 1. The molecule has 0 aliphatic rings. The maximum atomic E-state index is 13.1. The molecular weight excluding hydrogens is 358 g/mol. The summed E-state index contributed by atoms with van der Waals surface area (Å²) in [5.41, 5.74) is -0.124. The standard InChI is InChI=1S/C19H18F2N2O4/c1-4-10(2)27-18(22)11-5-6-12(19(24)25)13(7-11)14-8-15(17(20)21)23-9-16(14)26-3/h4-10,17,22H,1H2,2-3H3,(H,24,25). The number of methoxy groups -OCH3 is 1. The van der Waals surface area contributed by atoms with Gasteiger partial charge in [-0.1, -0.05) is 12.7 Å². The van der Waals surface area contributed by atoms with Gasteiger partial charge in [0.05, 0.1) is 18.9 Å². The lowest BCUT2D eigenvalue weighted by molar-refractivity contribution is 0.0697. The third-order valence-electron chi connectivity index (χ3n) is 3.77. The van der Waals surface area contributed by atoms with E-state index in [0.717, 1.165) is 12.3 Å². The largest absolute Gasteiger partial charge is 0.494 e. The fraction of sp³-hybridized carbons (Fsp3) is 0.211. The topological polar surface area (TPSA) is 92.5 Å². The Bertz CT molecular complexity index is 884. The monoisotopic (exact) mass is 376 g/mol. The first kappa shape index (κ1) is 20.0. The average molecular weight is 376 g/mol. The van der Waals surface area contributed by atoms with Crippen LogP contribution in [0, 0.1) is 5.41 Å². The van der Waals surface area contributed by atoms with Crippen LogP contribution in [-0.2, 0) is 4.74 Å². The lowest BCUT2D eigenvalue weighted by atomic mass is 9.96. The number of aromatic carboxylic acids is 1. The Labute approximate surface area is 154 Å². The van der Waals surface area contributed by atoms with Gasteiger partial charge in [0.1, 0.15) is 17.5 Å². The number of carboxylic acid groups (broad SMARTS) is 1. The Morgan fingerprint density at radius 2 is 2.04 bits per heavy atom. The van der Waals surface area contributed by atoms with E-state index in [0.29, 0.717) is 0 Å². The van der Waals surface area contributed by atoms with Gasteiger partial charge >= 0.3 is 5.97 Å². The molecule has 0 radical (unpaired) electrons. The molecule has 0 spiro atoms. The second kappa shape index (κ2) is 8.39. The number of carboxylic acids is 1. The first-order valence-corrected chi connectivity index (χ1v) is 7.86. The summed E-state index contributed by atoms with van der Waals surface area (Å²) in [6.07, 6.45) is -0.652. The maximum Gasteiger partial charge on any atom is 0.336 e. The third-order valence-corrected chi connectivity index (χ3v) is 3.77. The van der Waals surface area contributed by atoms with Crippen LogP contribution >= 0.6 is 0 Å². The van der Waals surface area contributed by atoms with Crippen molar-refractivity contribution in [3.8, 4) is 16.9 Å². The molecule has 0 amide bonds. The van der Waals surface area contributed by atoms with Crippen molar-refractivity contribution in [2.75, 3.05) is 7.11 Å². The molecule has 0 fully saturated rings. The summed E-state index contributed by atoms with van der Waals surface area (Å²) in [6, 6.07) is 5.15. The van der Waals surface area contributed by atoms with Gasteiger partial charge in [0.2, 0.25) is 5.90 Å². The predicted molar refractivity (Wildman–Crippen MR) is 95.7 cm³/mol. The average Bonchev–Trinajstić information content (AvgIpc) is 2.66. The molecule has 0 bridgehead atoms. The van der Waals surface area contributed by atoms with E-state index in [1.54, 1.807) is 6.92 Å². The van der Waals surface area contributed by atoms with Crippen LogP contribution in [0.4, 0.5) is 8.78 Å². The van der Waals surface area contributed by atoms with Gasteiger partial charge in [-0.3, -0.25) is 10.4 Å². The Kier molecular flexibility index (Phi) is 6.23. The predicted octanol–water partition coefficient (Wildman–Crippen LogP) is 4.31. The zero-order valence-electron chi connectivity index (χ0n) is 14.7. The summed E-state index contributed by atoms with van der Waals surface area (Å²) in [5, 5.41) is 17.5. The first-order valence-electron chi connectivity index (χ1n) is 7.86. The van der Waals surface area contributed by atoms with E-state index in [2.05, 4.69) is 11.6 Å². The zero-order valence-corrected chi connectivity index (χ0v) is 14.7. The van der Waals surface area contributed by atoms with Crippen LogP contribution in [0.1, 0.15) is 35.0 Å². The van der Waals surface area contributed by atoms with Crippen molar-refractivity contribution in [1.82, 2.24) is 4.98 Å². The highest BCUT2D eigenvalue weighted by Crippen LogP contribution is 2.35. The molecule has 6 nitrogen and oxygen atoms in total. The van der Waals surface area contributed by atoms with Crippen LogP contribution in [0.2, 0.25) is 0 Å². The first-order chi connectivity index (χ1) is 12.8. The summed E-state index contributed by atoms with van der Waals surface area (Å²) in [7, 11) is 1.32. The number of aromatic nitrogens is 1. The third kappa shape index (κ3) is 4.46. The van der Waals surface area contributed by atoms with Crippen LogP contribution in [-0.4, -0.2) is 35.2 Å². The molecule has 0 saturated heterocycles. The minimum absolute atomic E-state index is 0.112. The van der Waals surface area contributed by atoms with Crippen molar-refractivity contribution in [3.05, 3.63) is 59.9 Å². The van der Waals surface area contributed by atoms with Gasteiger partial charge < -0.3 is 14.6 Å². The summed E-state index contributed by atoms with van der Waals surface area (Å²) < 4.78 is 36.6. The maximum absolute atomic E-state index is 13.1. The minimum Gasteiger partial charge on any atom is -0.494 e. The van der Waals surface area contributed by atoms with E-state index in [1.165, 1.54) is 31.4 Å². The van der Waals surface area contributed by atoms with E-state index in [-0.39, 0.29) is 33.9 Å². The van der Waals surface area contributed by atoms with Crippen LogP contribution in [0.25, 0.3) is 11.1 Å². The Hall–Kier alpha value is -3.29. The molecule has 2 aromatic rings. The molecular formula is C19H18F2N2O4. The molecule has 2 N–H and O–H groups in total. The normalized spacial score (nSPS) is 11.7. The van der Waals surface area contributed by atoms with Crippen molar-refractivity contribution in [2.45, 2.75) is 19.5 Å². The van der Waals surface area contributed by atoms with E-state index >= 15 is 0 Å². The van der Waals surface area contributed by atoms with Crippen LogP contribution in [0.5, 0.6) is 5.75 Å². The van der Waals surface area contributed by atoms with E-state index in [4.69, 9.17) is 14.9 Å². The lowest BCUT2D eigenvalue weighted by Gasteiger charge is -2.15. The summed E-state index contributed by atoms with van der Waals surface area (Å²) in [4.78, 5) is 15.2. The van der Waals surface area contributed by atoms with Gasteiger partial charge in [0.15, 0.2) is 0 Å². The van der Waals surface area contributed by atoms with Crippen molar-refractivity contribution >= 4 is 11.9 Å². The number of halogens is 2. The number of ether oxygens (including phenoxy) is 2. The molecule has 1 aromatic carbocycles. The summed E-state index contributed by atoms with van der Waals surface area (Å²) >= 11 is 0. The molecule has 1 atom stereocenters. The number of rotatable bonds is 7. The van der Waals surface area contributed by atoms with E-state index in [9.17, 15) is 18.7 Å². The van der Waals surface area contributed by atoms with Gasteiger partial charge in [-0.2, -0.15) is 0 Å². The summed E-state index contributed by atoms with van der Waals surface area (Å²) in [6.45, 7) is 5.25. The molecule has 1 heterocycles. The Morgan fingerprint density at radius 3 is 2.59 bits per heavy atom. The highest BCUT2D eigenvalue weighted by molar-refractivity contribution is 6.00. The van der Waals surface area contributed by atoms with Crippen LogP contribution in [0.15, 0.2) is 43.1 Å². The van der Waals surface area contributed by atoms with Gasteiger partial charge in [0.25, 0.3) is 6.43 Å². The Balaban J connectivity index is 2.65. The highest BCUT2D eigenvalue weighted by atomic mass is 19.3. The fourth-order valence-corrected chi connectivity index (χ4v) is 2.35. The molecule has 1 aromatic heterocycles. The number of hydrogen-bond acceptors (Lipinski definition) is 5. The number of alkyl halides is 2. The lowest BCUT2D eigenvalue weighted by Crippen LogP contribution is -2.13.